The van der Waals surface area contributed by atoms with E-state index in [2.05, 4.69) is 27.8 Å². The van der Waals surface area contributed by atoms with Gasteiger partial charge in [-0.2, -0.15) is 0 Å². The summed E-state index contributed by atoms with van der Waals surface area (Å²) in [5.41, 5.74) is 0.333. The van der Waals surface area contributed by atoms with Crippen molar-refractivity contribution in [2.24, 2.45) is 0 Å². The molecule has 1 aromatic carbocycles. The van der Waals surface area contributed by atoms with Gasteiger partial charge in [0.15, 0.2) is 0 Å². The summed E-state index contributed by atoms with van der Waals surface area (Å²) in [4.78, 5) is 11.3. The lowest BCUT2D eigenvalue weighted by Gasteiger charge is -2.00. The third-order valence-electron chi connectivity index (χ3n) is 1.83. The lowest BCUT2D eigenvalue weighted by molar-refractivity contribution is -0.116. The summed E-state index contributed by atoms with van der Waals surface area (Å²) >= 11 is 8.71. The molecule has 0 saturated carbocycles. The molecule has 0 spiro atoms. The topological polar surface area (TPSA) is 29.1 Å². The second-order valence-corrected chi connectivity index (χ2v) is 4.68. The zero-order chi connectivity index (χ0) is 12.8. The lowest BCUT2D eigenvalue weighted by Crippen LogP contribution is -2.21. The largest absolute Gasteiger partial charge is 0.348 e. The highest BCUT2D eigenvalue weighted by Gasteiger charge is 2.00. The number of amides is 1. The standard InChI is InChI=1S/C12H10BrClFNO/c1-8(14)7-16-12(17)5-2-9-6-10(13)3-4-11(9)15/h2-6H,1,7H2,(H,16,17)/b5-2+. The minimum absolute atomic E-state index is 0.186. The van der Waals surface area contributed by atoms with Crippen molar-refractivity contribution in [3.8, 4) is 0 Å². The minimum atomic E-state index is -0.390. The van der Waals surface area contributed by atoms with E-state index in [0.717, 1.165) is 4.47 Å². The van der Waals surface area contributed by atoms with Gasteiger partial charge in [-0.15, -0.1) is 0 Å². The Labute approximate surface area is 112 Å². The molecule has 90 valence electrons. The first-order chi connectivity index (χ1) is 7.99. The van der Waals surface area contributed by atoms with Gasteiger partial charge in [0.1, 0.15) is 5.82 Å². The van der Waals surface area contributed by atoms with Gasteiger partial charge in [0.05, 0.1) is 6.54 Å². The molecule has 1 rings (SSSR count). The van der Waals surface area contributed by atoms with Gasteiger partial charge in [-0.3, -0.25) is 4.79 Å². The maximum absolute atomic E-state index is 13.3. The van der Waals surface area contributed by atoms with Gasteiger partial charge in [0.2, 0.25) is 5.91 Å². The number of nitrogens with one attached hydrogen (secondary N) is 1. The highest BCUT2D eigenvalue weighted by Crippen LogP contribution is 2.16. The van der Waals surface area contributed by atoms with E-state index >= 15 is 0 Å². The summed E-state index contributed by atoms with van der Waals surface area (Å²) in [5.74, 6) is -0.745. The highest BCUT2D eigenvalue weighted by molar-refractivity contribution is 9.10. The number of hydrogen-bond donors (Lipinski definition) is 1. The van der Waals surface area contributed by atoms with Crippen molar-refractivity contribution in [1.29, 1.82) is 0 Å². The summed E-state index contributed by atoms with van der Waals surface area (Å²) in [5, 5.41) is 2.83. The van der Waals surface area contributed by atoms with Crippen LogP contribution in [0.1, 0.15) is 5.56 Å². The Morgan fingerprint density at radius 1 is 1.59 bits per heavy atom. The molecule has 0 heterocycles. The Morgan fingerprint density at radius 2 is 2.29 bits per heavy atom. The van der Waals surface area contributed by atoms with Crippen LogP contribution in [0.15, 0.2) is 40.4 Å². The number of hydrogen-bond acceptors (Lipinski definition) is 1. The van der Waals surface area contributed by atoms with E-state index in [4.69, 9.17) is 11.6 Å². The summed E-state index contributed by atoms with van der Waals surface area (Å²) in [6.07, 6.45) is 2.64. The van der Waals surface area contributed by atoms with Crippen molar-refractivity contribution < 1.29 is 9.18 Å². The van der Waals surface area contributed by atoms with E-state index in [1.54, 1.807) is 12.1 Å². The van der Waals surface area contributed by atoms with Crippen LogP contribution in [0.4, 0.5) is 4.39 Å². The molecule has 0 aliphatic carbocycles. The van der Waals surface area contributed by atoms with Crippen LogP contribution in [0.2, 0.25) is 0 Å². The van der Waals surface area contributed by atoms with Crippen molar-refractivity contribution in [2.75, 3.05) is 6.54 Å². The monoisotopic (exact) mass is 317 g/mol. The number of benzene rings is 1. The van der Waals surface area contributed by atoms with Gasteiger partial charge in [-0.25, -0.2) is 4.39 Å². The lowest BCUT2D eigenvalue weighted by atomic mass is 10.2. The fourth-order valence-electron chi connectivity index (χ4n) is 1.05. The van der Waals surface area contributed by atoms with E-state index in [1.165, 1.54) is 18.2 Å². The second-order valence-electron chi connectivity index (χ2n) is 3.23. The Kier molecular flexibility index (Phi) is 5.38. The molecule has 0 bridgehead atoms. The zero-order valence-electron chi connectivity index (χ0n) is 8.84. The van der Waals surface area contributed by atoms with Crippen LogP contribution in [-0.2, 0) is 4.79 Å². The van der Waals surface area contributed by atoms with E-state index in [1.807, 2.05) is 0 Å². The third kappa shape index (κ3) is 5.15. The third-order valence-corrected chi connectivity index (χ3v) is 2.45. The van der Waals surface area contributed by atoms with Gasteiger partial charge >= 0.3 is 0 Å². The van der Waals surface area contributed by atoms with Crippen molar-refractivity contribution in [1.82, 2.24) is 5.32 Å². The fourth-order valence-corrected chi connectivity index (χ4v) is 1.50. The van der Waals surface area contributed by atoms with Crippen LogP contribution in [0.3, 0.4) is 0 Å². The molecule has 0 unspecified atom stereocenters. The van der Waals surface area contributed by atoms with Crippen LogP contribution in [0.5, 0.6) is 0 Å². The molecule has 17 heavy (non-hydrogen) atoms. The van der Waals surface area contributed by atoms with Crippen molar-refractivity contribution in [3.63, 3.8) is 0 Å². The molecule has 1 aromatic rings. The van der Waals surface area contributed by atoms with Crippen LogP contribution in [0, 0.1) is 5.82 Å². The van der Waals surface area contributed by atoms with Crippen LogP contribution in [0.25, 0.3) is 6.08 Å². The first kappa shape index (κ1) is 13.9. The molecule has 1 N–H and O–H groups in total. The van der Waals surface area contributed by atoms with Crippen molar-refractivity contribution in [3.05, 3.63) is 51.7 Å². The Hall–Kier alpha value is -1.13. The molecule has 1 amide bonds. The maximum Gasteiger partial charge on any atom is 0.244 e. The second kappa shape index (κ2) is 6.57. The summed E-state index contributed by atoms with van der Waals surface area (Å²) in [6, 6.07) is 4.49. The van der Waals surface area contributed by atoms with E-state index < -0.39 is 0 Å². The average molecular weight is 319 g/mol. The molecule has 0 radical (unpaired) electrons. The normalized spacial score (nSPS) is 10.5. The van der Waals surface area contributed by atoms with Gasteiger partial charge in [-0.05, 0) is 24.3 Å². The van der Waals surface area contributed by atoms with E-state index in [-0.39, 0.29) is 18.3 Å². The first-order valence-electron chi connectivity index (χ1n) is 4.73. The molecular formula is C12H10BrClFNO. The SMILES string of the molecule is C=C(Cl)CNC(=O)/C=C/c1cc(Br)ccc1F. The average Bonchev–Trinajstić information content (AvgIpc) is 2.27. The number of rotatable bonds is 4. The molecule has 0 aliphatic rings. The molecule has 0 aromatic heterocycles. The summed E-state index contributed by atoms with van der Waals surface area (Å²) in [7, 11) is 0. The summed E-state index contributed by atoms with van der Waals surface area (Å²) in [6.45, 7) is 3.62. The van der Waals surface area contributed by atoms with Crippen LogP contribution >= 0.6 is 27.5 Å². The van der Waals surface area contributed by atoms with Crippen molar-refractivity contribution in [2.45, 2.75) is 0 Å². The predicted octanol–water partition coefficient (Wildman–Crippen LogP) is 3.47. The van der Waals surface area contributed by atoms with Crippen LogP contribution < -0.4 is 5.32 Å². The molecule has 0 aliphatic heterocycles. The van der Waals surface area contributed by atoms with Gasteiger partial charge in [-0.1, -0.05) is 34.1 Å². The molecule has 0 fully saturated rings. The molecule has 2 nitrogen and oxygen atoms in total. The van der Waals surface area contributed by atoms with Crippen molar-refractivity contribution >= 4 is 39.5 Å². The quantitative estimate of drug-likeness (QED) is 0.846. The number of halogens is 3. The molecular weight excluding hydrogens is 308 g/mol. The molecule has 0 saturated heterocycles. The fraction of sp³-hybridized carbons (Fsp3) is 0.0833. The van der Waals surface area contributed by atoms with Gasteiger partial charge in [0.25, 0.3) is 0 Å². The van der Waals surface area contributed by atoms with Crippen LogP contribution in [-0.4, -0.2) is 12.5 Å². The number of carbonyl (C=O) groups is 1. The predicted molar refractivity (Wildman–Crippen MR) is 71.1 cm³/mol. The molecule has 5 heteroatoms. The Bertz CT molecular complexity index is 474. The minimum Gasteiger partial charge on any atom is -0.348 e. The Balaban J connectivity index is 2.67. The first-order valence-corrected chi connectivity index (χ1v) is 5.90. The molecule has 0 atom stereocenters. The summed E-state index contributed by atoms with van der Waals surface area (Å²) < 4.78 is 14.0. The Morgan fingerprint density at radius 3 is 2.94 bits per heavy atom. The van der Waals surface area contributed by atoms with Gasteiger partial charge < -0.3 is 5.32 Å². The van der Waals surface area contributed by atoms with E-state index in [9.17, 15) is 9.18 Å². The van der Waals surface area contributed by atoms with E-state index in [0.29, 0.717) is 10.6 Å². The highest BCUT2D eigenvalue weighted by atomic mass is 79.9. The van der Waals surface area contributed by atoms with Gasteiger partial charge in [0, 0.05) is 21.1 Å². The smallest absolute Gasteiger partial charge is 0.244 e. The zero-order valence-corrected chi connectivity index (χ0v) is 11.2. The number of carbonyl (C=O) groups excluding carboxylic acids is 1. The maximum atomic E-state index is 13.3.